The number of aromatic nitrogens is 2. The Hall–Kier alpha value is -2.99. The second-order valence-corrected chi connectivity index (χ2v) is 5.23. The lowest BCUT2D eigenvalue weighted by Crippen LogP contribution is -2.24. The van der Waals surface area contributed by atoms with Crippen LogP contribution in [0.5, 0.6) is 0 Å². The Morgan fingerprint density at radius 1 is 0.929 bits per heavy atom. The Bertz CT molecular complexity index is 955. The standard InChI is InChI=1S/C15H8F9N3O/c1-2-27-11(28)6-10(15(22,23)24)26-12(27)25-9-4-3-7(13(16,17)18)5-8(9)14(19,20)21/h2-6H,1H2,(H,25,26). The van der Waals surface area contributed by atoms with E-state index < -0.39 is 52.5 Å². The number of alkyl halides is 9. The molecular weight excluding hydrogens is 409 g/mol. The SMILES string of the molecule is C=Cn1c(Nc2ccc(C(F)(F)F)cc2C(F)(F)F)nc(C(F)(F)F)cc1=O. The van der Waals surface area contributed by atoms with Crippen LogP contribution in [0.15, 0.2) is 35.6 Å². The largest absolute Gasteiger partial charge is 0.433 e. The van der Waals surface area contributed by atoms with Crippen LogP contribution in [0.1, 0.15) is 16.8 Å². The molecule has 0 fully saturated rings. The molecule has 0 aliphatic heterocycles. The number of rotatable bonds is 3. The molecule has 0 saturated heterocycles. The number of benzene rings is 1. The first-order chi connectivity index (χ1) is 12.6. The van der Waals surface area contributed by atoms with Crippen LogP contribution < -0.4 is 10.9 Å². The highest BCUT2D eigenvalue weighted by Crippen LogP contribution is 2.40. The highest BCUT2D eigenvalue weighted by atomic mass is 19.4. The molecule has 0 radical (unpaired) electrons. The first-order valence-electron chi connectivity index (χ1n) is 7.03. The Morgan fingerprint density at radius 2 is 1.54 bits per heavy atom. The van der Waals surface area contributed by atoms with E-state index in [1.807, 2.05) is 5.32 Å². The Morgan fingerprint density at radius 3 is 2.00 bits per heavy atom. The molecule has 1 aromatic carbocycles. The van der Waals surface area contributed by atoms with E-state index in [2.05, 4.69) is 11.6 Å². The van der Waals surface area contributed by atoms with Gasteiger partial charge in [-0.25, -0.2) is 4.98 Å². The van der Waals surface area contributed by atoms with Crippen molar-refractivity contribution in [2.75, 3.05) is 5.32 Å². The van der Waals surface area contributed by atoms with Crippen LogP contribution in [0, 0.1) is 0 Å². The van der Waals surface area contributed by atoms with Gasteiger partial charge in [0.1, 0.15) is 0 Å². The molecule has 13 heteroatoms. The molecule has 0 amide bonds. The van der Waals surface area contributed by atoms with Crippen LogP contribution >= 0.6 is 0 Å². The Labute approximate surface area is 149 Å². The van der Waals surface area contributed by atoms with E-state index >= 15 is 0 Å². The molecule has 1 heterocycles. The van der Waals surface area contributed by atoms with Crippen molar-refractivity contribution in [3.63, 3.8) is 0 Å². The van der Waals surface area contributed by atoms with E-state index in [4.69, 9.17) is 0 Å². The van der Waals surface area contributed by atoms with Gasteiger partial charge in [0.25, 0.3) is 5.56 Å². The van der Waals surface area contributed by atoms with Gasteiger partial charge in [-0.3, -0.25) is 9.36 Å². The number of nitrogens with zero attached hydrogens (tertiary/aromatic N) is 2. The third-order valence-electron chi connectivity index (χ3n) is 3.32. The maximum atomic E-state index is 13.2. The zero-order chi connectivity index (χ0) is 21.5. The van der Waals surface area contributed by atoms with E-state index in [0.29, 0.717) is 22.9 Å². The summed E-state index contributed by atoms with van der Waals surface area (Å²) < 4.78 is 116. The van der Waals surface area contributed by atoms with E-state index in [9.17, 15) is 44.3 Å². The number of hydrogen-bond donors (Lipinski definition) is 1. The molecule has 2 aromatic rings. The summed E-state index contributed by atoms with van der Waals surface area (Å²) in [6.45, 7) is 3.13. The summed E-state index contributed by atoms with van der Waals surface area (Å²) in [5.41, 5.74) is -7.51. The highest BCUT2D eigenvalue weighted by molar-refractivity contribution is 5.62. The van der Waals surface area contributed by atoms with Crippen LogP contribution in [0.3, 0.4) is 0 Å². The lowest BCUT2D eigenvalue weighted by molar-refractivity contribution is -0.143. The minimum atomic E-state index is -5.29. The molecule has 0 unspecified atom stereocenters. The van der Waals surface area contributed by atoms with Gasteiger partial charge in [0.2, 0.25) is 5.95 Å². The van der Waals surface area contributed by atoms with E-state index in [1.54, 1.807) is 0 Å². The molecule has 0 bridgehead atoms. The monoisotopic (exact) mass is 417 g/mol. The molecule has 2 rings (SSSR count). The predicted octanol–water partition coefficient (Wildman–Crippen LogP) is 5.14. The Kier molecular flexibility index (Phi) is 5.23. The molecule has 28 heavy (non-hydrogen) atoms. The number of halogens is 9. The average Bonchev–Trinajstić information content (AvgIpc) is 2.52. The minimum absolute atomic E-state index is 0.0876. The first kappa shape index (κ1) is 21.3. The summed E-state index contributed by atoms with van der Waals surface area (Å²) >= 11 is 0. The van der Waals surface area contributed by atoms with Crippen molar-refractivity contribution in [2.45, 2.75) is 18.5 Å². The molecular formula is C15H8F9N3O. The predicted molar refractivity (Wildman–Crippen MR) is 79.6 cm³/mol. The number of nitrogens with one attached hydrogen (secondary N) is 1. The van der Waals surface area contributed by atoms with Crippen LogP contribution in [0.25, 0.3) is 6.20 Å². The molecule has 152 valence electrons. The molecule has 0 aliphatic rings. The van der Waals surface area contributed by atoms with Crippen molar-refractivity contribution in [1.29, 1.82) is 0 Å². The summed E-state index contributed by atoms with van der Waals surface area (Å²) in [6.07, 6.45) is -14.8. The van der Waals surface area contributed by atoms with Gasteiger partial charge in [0.15, 0.2) is 5.69 Å². The molecule has 4 nitrogen and oxygen atoms in total. The van der Waals surface area contributed by atoms with Gasteiger partial charge in [0, 0.05) is 12.3 Å². The van der Waals surface area contributed by atoms with Gasteiger partial charge in [0.05, 0.1) is 16.8 Å². The van der Waals surface area contributed by atoms with Gasteiger partial charge in [-0.05, 0) is 18.2 Å². The summed E-state index contributed by atoms with van der Waals surface area (Å²) in [7, 11) is 0. The second kappa shape index (κ2) is 6.87. The summed E-state index contributed by atoms with van der Waals surface area (Å²) in [4.78, 5) is 14.8. The van der Waals surface area contributed by atoms with Crippen LogP contribution in [0.4, 0.5) is 51.1 Å². The van der Waals surface area contributed by atoms with Gasteiger partial charge in [-0.1, -0.05) is 6.58 Å². The lowest BCUT2D eigenvalue weighted by Gasteiger charge is -2.18. The Balaban J connectivity index is 2.67. The van der Waals surface area contributed by atoms with Crippen molar-refractivity contribution in [2.24, 2.45) is 0 Å². The van der Waals surface area contributed by atoms with Crippen LogP contribution in [-0.4, -0.2) is 9.55 Å². The number of anilines is 2. The van der Waals surface area contributed by atoms with Crippen molar-refractivity contribution in [3.8, 4) is 0 Å². The summed E-state index contributed by atoms with van der Waals surface area (Å²) in [5.74, 6) is -1.01. The normalized spacial score (nSPS) is 12.8. The smallest absolute Gasteiger partial charge is 0.325 e. The van der Waals surface area contributed by atoms with Crippen LogP contribution in [0.2, 0.25) is 0 Å². The first-order valence-corrected chi connectivity index (χ1v) is 7.03. The minimum Gasteiger partial charge on any atom is -0.325 e. The van der Waals surface area contributed by atoms with E-state index in [-0.39, 0.29) is 12.1 Å². The maximum Gasteiger partial charge on any atom is 0.433 e. The fourth-order valence-electron chi connectivity index (χ4n) is 2.09. The summed E-state index contributed by atoms with van der Waals surface area (Å²) in [6, 6.07) is 0.531. The number of hydrogen-bond acceptors (Lipinski definition) is 3. The van der Waals surface area contributed by atoms with E-state index in [1.165, 1.54) is 0 Å². The molecule has 1 N–H and O–H groups in total. The average molecular weight is 417 g/mol. The van der Waals surface area contributed by atoms with E-state index in [0.717, 1.165) is 0 Å². The lowest BCUT2D eigenvalue weighted by atomic mass is 10.1. The van der Waals surface area contributed by atoms with Crippen molar-refractivity contribution in [1.82, 2.24) is 9.55 Å². The third-order valence-corrected chi connectivity index (χ3v) is 3.32. The second-order valence-electron chi connectivity index (χ2n) is 5.23. The molecule has 1 aromatic heterocycles. The molecule has 0 atom stereocenters. The van der Waals surface area contributed by atoms with Gasteiger partial charge < -0.3 is 5.32 Å². The maximum absolute atomic E-state index is 13.2. The van der Waals surface area contributed by atoms with Crippen molar-refractivity contribution < 1.29 is 39.5 Å². The fraction of sp³-hybridized carbons (Fsp3) is 0.200. The molecule has 0 spiro atoms. The topological polar surface area (TPSA) is 46.9 Å². The quantitative estimate of drug-likeness (QED) is 0.704. The van der Waals surface area contributed by atoms with Gasteiger partial charge in [-0.15, -0.1) is 0 Å². The summed E-state index contributed by atoms with van der Waals surface area (Å²) in [5, 5.41) is 1.82. The van der Waals surface area contributed by atoms with Gasteiger partial charge >= 0.3 is 18.5 Å². The molecule has 0 aliphatic carbocycles. The third kappa shape index (κ3) is 4.46. The van der Waals surface area contributed by atoms with Crippen LogP contribution in [-0.2, 0) is 18.5 Å². The highest BCUT2D eigenvalue weighted by Gasteiger charge is 2.39. The van der Waals surface area contributed by atoms with Crippen molar-refractivity contribution in [3.05, 3.63) is 58.0 Å². The zero-order valence-corrected chi connectivity index (χ0v) is 13.3. The van der Waals surface area contributed by atoms with Crippen molar-refractivity contribution >= 4 is 17.8 Å². The molecule has 0 saturated carbocycles. The fourth-order valence-corrected chi connectivity index (χ4v) is 2.09. The van der Waals surface area contributed by atoms with Gasteiger partial charge in [-0.2, -0.15) is 39.5 Å². The zero-order valence-electron chi connectivity index (χ0n) is 13.3.